The summed E-state index contributed by atoms with van der Waals surface area (Å²) in [5.41, 5.74) is 8.07. The van der Waals surface area contributed by atoms with Gasteiger partial charge in [-0.2, -0.15) is 0 Å². The number of aliphatic imine (C=N–C) groups is 1. The van der Waals surface area contributed by atoms with E-state index in [9.17, 15) is 4.79 Å². The molecule has 0 saturated carbocycles. The van der Waals surface area contributed by atoms with E-state index >= 15 is 0 Å². The van der Waals surface area contributed by atoms with Crippen LogP contribution in [0.5, 0.6) is 0 Å². The smallest absolute Gasteiger partial charge is 0.374 e. The summed E-state index contributed by atoms with van der Waals surface area (Å²) in [6, 6.07) is 11.4. The Labute approximate surface area is 148 Å². The zero-order valence-electron chi connectivity index (χ0n) is 14.9. The second kappa shape index (κ2) is 8.92. The fourth-order valence-electron chi connectivity index (χ4n) is 2.26. The maximum absolute atomic E-state index is 11.5. The monoisotopic (exact) mass is 343 g/mol. The largest absolute Gasteiger partial charge is 0.460 e. The molecule has 0 fully saturated rings. The lowest BCUT2D eigenvalue weighted by atomic mass is 9.99. The number of ether oxygens (including phenoxy) is 1. The van der Waals surface area contributed by atoms with Gasteiger partial charge in [0.25, 0.3) is 0 Å². The molecule has 0 aliphatic heterocycles. The van der Waals surface area contributed by atoms with Gasteiger partial charge in [0.15, 0.2) is 5.96 Å². The summed E-state index contributed by atoms with van der Waals surface area (Å²) < 4.78 is 10.3. The second-order valence-corrected chi connectivity index (χ2v) is 5.74. The van der Waals surface area contributed by atoms with Crippen molar-refractivity contribution < 1.29 is 13.9 Å². The van der Waals surface area contributed by atoms with Gasteiger partial charge in [0.05, 0.1) is 6.61 Å². The number of carbonyl (C=O) groups is 1. The first-order chi connectivity index (χ1) is 12.0. The van der Waals surface area contributed by atoms with E-state index in [1.165, 1.54) is 5.56 Å². The number of furan rings is 1. The molecule has 1 heterocycles. The molecule has 0 radical (unpaired) electrons. The van der Waals surface area contributed by atoms with Gasteiger partial charge >= 0.3 is 5.97 Å². The third-order valence-electron chi connectivity index (χ3n) is 3.91. The highest BCUT2D eigenvalue weighted by atomic mass is 16.5. The Morgan fingerprint density at radius 3 is 2.60 bits per heavy atom. The summed E-state index contributed by atoms with van der Waals surface area (Å²) in [5, 5.41) is 3.04. The van der Waals surface area contributed by atoms with Gasteiger partial charge in [0, 0.05) is 5.69 Å². The average molecular weight is 343 g/mol. The van der Waals surface area contributed by atoms with Crippen LogP contribution in [0.25, 0.3) is 0 Å². The highest BCUT2D eigenvalue weighted by Gasteiger charge is 2.11. The van der Waals surface area contributed by atoms with Crippen LogP contribution in [0.1, 0.15) is 55.0 Å². The van der Waals surface area contributed by atoms with Gasteiger partial charge in [0.2, 0.25) is 5.76 Å². The predicted octanol–water partition coefficient (Wildman–Crippen LogP) is 3.90. The number of benzene rings is 1. The van der Waals surface area contributed by atoms with E-state index in [-0.39, 0.29) is 18.3 Å². The van der Waals surface area contributed by atoms with Crippen LogP contribution in [0.4, 0.5) is 5.69 Å². The van der Waals surface area contributed by atoms with E-state index in [2.05, 4.69) is 36.3 Å². The lowest BCUT2D eigenvalue weighted by Gasteiger charge is -2.10. The van der Waals surface area contributed by atoms with Crippen LogP contribution < -0.4 is 11.1 Å². The number of esters is 1. The second-order valence-electron chi connectivity index (χ2n) is 5.74. The minimum absolute atomic E-state index is 0.166. The van der Waals surface area contributed by atoms with Gasteiger partial charge in [-0.25, -0.2) is 9.79 Å². The van der Waals surface area contributed by atoms with Crippen LogP contribution in [-0.2, 0) is 11.3 Å². The minimum Gasteiger partial charge on any atom is -0.460 e. The van der Waals surface area contributed by atoms with Crippen LogP contribution in [-0.4, -0.2) is 18.5 Å². The Kier molecular flexibility index (Phi) is 6.62. The van der Waals surface area contributed by atoms with Gasteiger partial charge < -0.3 is 20.2 Å². The van der Waals surface area contributed by atoms with E-state index in [4.69, 9.17) is 14.9 Å². The number of hydrogen-bond acceptors (Lipinski definition) is 4. The molecule has 0 aliphatic rings. The first kappa shape index (κ1) is 18.6. The average Bonchev–Trinajstić information content (AvgIpc) is 3.09. The Bertz CT molecular complexity index is 720. The summed E-state index contributed by atoms with van der Waals surface area (Å²) in [6.07, 6.45) is 1.10. The summed E-state index contributed by atoms with van der Waals surface area (Å²) in [5.74, 6) is 1.04. The molecule has 0 amide bonds. The molecule has 6 heteroatoms. The number of hydrogen-bond donors (Lipinski definition) is 2. The Morgan fingerprint density at radius 1 is 1.24 bits per heavy atom. The molecule has 0 bridgehead atoms. The van der Waals surface area contributed by atoms with Gasteiger partial charge in [-0.05, 0) is 49.1 Å². The Balaban J connectivity index is 1.92. The van der Waals surface area contributed by atoms with E-state index in [1.54, 1.807) is 19.1 Å². The molecule has 2 rings (SSSR count). The highest BCUT2D eigenvalue weighted by molar-refractivity contribution is 5.92. The number of rotatable bonds is 7. The molecule has 6 nitrogen and oxygen atoms in total. The fourth-order valence-corrected chi connectivity index (χ4v) is 2.26. The molecule has 2 aromatic rings. The third kappa shape index (κ3) is 5.38. The summed E-state index contributed by atoms with van der Waals surface area (Å²) in [7, 11) is 0. The van der Waals surface area contributed by atoms with Crippen molar-refractivity contribution in [2.45, 2.75) is 39.7 Å². The molecule has 1 unspecified atom stereocenters. The number of nitrogens with one attached hydrogen (secondary N) is 1. The van der Waals surface area contributed by atoms with Crippen molar-refractivity contribution in [3.63, 3.8) is 0 Å². The minimum atomic E-state index is -0.481. The molecule has 1 aromatic heterocycles. The Hall–Kier alpha value is -2.76. The van der Waals surface area contributed by atoms with Crippen LogP contribution >= 0.6 is 0 Å². The van der Waals surface area contributed by atoms with Crippen molar-refractivity contribution >= 4 is 17.6 Å². The molecule has 1 aromatic carbocycles. The van der Waals surface area contributed by atoms with Crippen molar-refractivity contribution in [2.75, 3.05) is 11.9 Å². The zero-order valence-corrected chi connectivity index (χ0v) is 14.9. The van der Waals surface area contributed by atoms with Crippen molar-refractivity contribution in [3.05, 3.63) is 53.5 Å². The molecular formula is C19H25N3O3. The summed E-state index contributed by atoms with van der Waals surface area (Å²) >= 11 is 0. The maximum Gasteiger partial charge on any atom is 0.374 e. The van der Waals surface area contributed by atoms with Crippen LogP contribution in [0.15, 0.2) is 45.8 Å². The first-order valence-corrected chi connectivity index (χ1v) is 8.46. The number of carbonyl (C=O) groups excluding carboxylic acids is 1. The Morgan fingerprint density at radius 2 is 1.96 bits per heavy atom. The standard InChI is InChI=1S/C19H25N3O3/c1-4-13(3)14-6-8-15(9-7-14)22-19(20)21-12-16-10-11-17(25-16)18(23)24-5-2/h6-11,13H,4-5,12H2,1-3H3,(H3,20,21,22). The number of nitrogens with zero attached hydrogens (tertiary/aromatic N) is 1. The van der Waals surface area contributed by atoms with E-state index in [0.29, 0.717) is 18.3 Å². The topological polar surface area (TPSA) is 89.8 Å². The van der Waals surface area contributed by atoms with Crippen LogP contribution in [0.2, 0.25) is 0 Å². The SMILES string of the molecule is CCOC(=O)c1ccc(CN=C(N)Nc2ccc(C(C)CC)cc2)o1. The van der Waals surface area contributed by atoms with Crippen molar-refractivity contribution in [2.24, 2.45) is 10.7 Å². The first-order valence-electron chi connectivity index (χ1n) is 8.46. The predicted molar refractivity (Wildman–Crippen MR) is 98.8 cm³/mol. The lowest BCUT2D eigenvalue weighted by molar-refractivity contribution is 0.0488. The maximum atomic E-state index is 11.5. The molecule has 3 N–H and O–H groups in total. The van der Waals surface area contributed by atoms with Gasteiger partial charge in [-0.15, -0.1) is 0 Å². The van der Waals surface area contributed by atoms with E-state index < -0.39 is 5.97 Å². The number of nitrogens with two attached hydrogens (primary N) is 1. The fraction of sp³-hybridized carbons (Fsp3) is 0.368. The molecule has 134 valence electrons. The lowest BCUT2D eigenvalue weighted by Crippen LogP contribution is -2.22. The van der Waals surface area contributed by atoms with Gasteiger partial charge in [-0.3, -0.25) is 0 Å². The van der Waals surface area contributed by atoms with Gasteiger partial charge in [0.1, 0.15) is 12.3 Å². The van der Waals surface area contributed by atoms with E-state index in [1.807, 2.05) is 12.1 Å². The third-order valence-corrected chi connectivity index (χ3v) is 3.91. The molecule has 1 atom stereocenters. The molecule has 25 heavy (non-hydrogen) atoms. The van der Waals surface area contributed by atoms with Crippen molar-refractivity contribution in [3.8, 4) is 0 Å². The molecule has 0 spiro atoms. The number of anilines is 1. The molecular weight excluding hydrogens is 318 g/mol. The molecule has 0 saturated heterocycles. The highest BCUT2D eigenvalue weighted by Crippen LogP contribution is 2.20. The molecule has 0 aliphatic carbocycles. The zero-order chi connectivity index (χ0) is 18.2. The summed E-state index contributed by atoms with van der Waals surface area (Å²) in [6.45, 7) is 6.66. The quantitative estimate of drug-likeness (QED) is 0.452. The summed E-state index contributed by atoms with van der Waals surface area (Å²) in [4.78, 5) is 15.8. The van der Waals surface area contributed by atoms with Crippen LogP contribution in [0, 0.1) is 0 Å². The normalized spacial score (nSPS) is 12.7. The van der Waals surface area contributed by atoms with E-state index in [0.717, 1.165) is 12.1 Å². The van der Waals surface area contributed by atoms with Gasteiger partial charge in [-0.1, -0.05) is 26.0 Å². The van der Waals surface area contributed by atoms with Crippen LogP contribution in [0.3, 0.4) is 0 Å². The van der Waals surface area contributed by atoms with Crippen molar-refractivity contribution in [1.82, 2.24) is 0 Å². The number of guanidine groups is 1. The van der Waals surface area contributed by atoms with Crippen molar-refractivity contribution in [1.29, 1.82) is 0 Å².